The van der Waals surface area contributed by atoms with Crippen LogP contribution >= 0.6 is 23.2 Å². The smallest absolute Gasteiger partial charge is 0.346 e. The lowest BCUT2D eigenvalue weighted by Crippen LogP contribution is -2.24. The summed E-state index contributed by atoms with van der Waals surface area (Å²) in [6, 6.07) is 14.0. The zero-order valence-electron chi connectivity index (χ0n) is 17.4. The summed E-state index contributed by atoms with van der Waals surface area (Å²) in [5.41, 5.74) is 0.0385. The topological polar surface area (TPSA) is 88.2 Å². The monoisotopic (exact) mass is 531 g/mol. The molecule has 0 bridgehead atoms. The van der Waals surface area contributed by atoms with Crippen LogP contribution < -0.4 is 10.0 Å². The number of halogens is 5. The quantitative estimate of drug-likeness (QED) is 0.411. The summed E-state index contributed by atoms with van der Waals surface area (Å²) < 4.78 is 65.4. The number of alkyl halides is 3. The van der Waals surface area contributed by atoms with Gasteiger partial charge >= 0.3 is 6.18 Å². The van der Waals surface area contributed by atoms with Crippen molar-refractivity contribution in [2.75, 3.05) is 10.5 Å². The average Bonchev–Trinajstić information content (AvgIpc) is 2.78. The molecule has 180 valence electrons. The third-order valence-corrected chi connectivity index (χ3v) is 6.77. The van der Waals surface area contributed by atoms with Crippen LogP contribution in [0.2, 0.25) is 10.0 Å². The van der Waals surface area contributed by atoms with Gasteiger partial charge in [-0.3, -0.25) is 9.52 Å². The van der Waals surface area contributed by atoms with Gasteiger partial charge in [0.1, 0.15) is 5.69 Å². The van der Waals surface area contributed by atoms with Crippen LogP contribution in [0.1, 0.15) is 27.3 Å². The Balaban J connectivity index is 1.56. The fourth-order valence-electron chi connectivity index (χ4n) is 2.91. The van der Waals surface area contributed by atoms with E-state index in [1.807, 2.05) is 0 Å². The van der Waals surface area contributed by atoms with E-state index in [4.69, 9.17) is 23.2 Å². The molecule has 6 nitrogen and oxygen atoms in total. The number of anilines is 1. The van der Waals surface area contributed by atoms with Crippen molar-refractivity contribution in [3.63, 3.8) is 0 Å². The summed E-state index contributed by atoms with van der Waals surface area (Å²) in [7, 11) is -3.71. The largest absolute Gasteiger partial charge is 0.433 e. The predicted molar refractivity (Wildman–Crippen MR) is 124 cm³/mol. The fraction of sp³-hybridized carbons (Fsp3) is 0.182. The van der Waals surface area contributed by atoms with Gasteiger partial charge in [0, 0.05) is 11.3 Å². The third kappa shape index (κ3) is 7.09. The second kappa shape index (κ2) is 10.6. The Labute approximate surface area is 204 Å². The molecular weight excluding hydrogens is 514 g/mol. The van der Waals surface area contributed by atoms with Crippen LogP contribution in [0.15, 0.2) is 60.7 Å². The molecule has 1 amide bonds. The summed E-state index contributed by atoms with van der Waals surface area (Å²) in [6.07, 6.45) is -4.43. The van der Waals surface area contributed by atoms with E-state index in [2.05, 4.69) is 15.0 Å². The number of pyridine rings is 1. The summed E-state index contributed by atoms with van der Waals surface area (Å²) in [5, 5.41) is 3.12. The number of nitrogens with one attached hydrogen (secondary N) is 2. The second-order valence-electron chi connectivity index (χ2n) is 7.16. The van der Waals surface area contributed by atoms with E-state index in [1.54, 1.807) is 18.2 Å². The lowest BCUT2D eigenvalue weighted by Gasteiger charge is -2.11. The molecule has 1 heterocycles. The van der Waals surface area contributed by atoms with Crippen LogP contribution in [0.3, 0.4) is 0 Å². The molecule has 3 aromatic rings. The summed E-state index contributed by atoms with van der Waals surface area (Å²) >= 11 is 12.0. The van der Waals surface area contributed by atoms with Gasteiger partial charge in [-0.1, -0.05) is 41.4 Å². The third-order valence-electron chi connectivity index (χ3n) is 4.62. The molecule has 0 atom stereocenters. The van der Waals surface area contributed by atoms with Crippen molar-refractivity contribution >= 4 is 44.8 Å². The molecule has 0 saturated heterocycles. The van der Waals surface area contributed by atoms with Gasteiger partial charge in [0.25, 0.3) is 5.91 Å². The zero-order chi connectivity index (χ0) is 24.9. The van der Waals surface area contributed by atoms with E-state index in [9.17, 15) is 26.4 Å². The number of sulfonamides is 1. The van der Waals surface area contributed by atoms with E-state index < -0.39 is 27.8 Å². The Morgan fingerprint density at radius 2 is 1.65 bits per heavy atom. The Kier molecular flexibility index (Phi) is 8.06. The van der Waals surface area contributed by atoms with Gasteiger partial charge in [-0.2, -0.15) is 13.2 Å². The van der Waals surface area contributed by atoms with E-state index in [0.717, 1.165) is 6.07 Å². The normalized spacial score (nSPS) is 11.8. The first-order chi connectivity index (χ1) is 15.9. The predicted octanol–water partition coefficient (Wildman–Crippen LogP) is 5.32. The van der Waals surface area contributed by atoms with Gasteiger partial charge < -0.3 is 5.32 Å². The van der Waals surface area contributed by atoms with Crippen LogP contribution in [0, 0.1) is 0 Å². The molecule has 0 fully saturated rings. The van der Waals surface area contributed by atoms with Gasteiger partial charge in [0.05, 0.1) is 28.0 Å². The Hall–Kier alpha value is -2.82. The Bertz CT molecular complexity index is 1280. The molecule has 0 aliphatic heterocycles. The number of nitrogens with zero attached hydrogens (tertiary/aromatic N) is 1. The Morgan fingerprint density at radius 3 is 2.32 bits per heavy atom. The number of aryl methyl sites for hydroxylation is 1. The summed E-state index contributed by atoms with van der Waals surface area (Å²) in [5.74, 6) is -0.788. The number of amides is 1. The molecule has 0 aliphatic carbocycles. The lowest BCUT2D eigenvalue weighted by atomic mass is 10.2. The molecular formula is C22H18Cl2F3N3O3S. The number of hydrogen-bond donors (Lipinski definition) is 2. The fourth-order valence-corrected chi connectivity index (χ4v) is 4.42. The highest BCUT2D eigenvalue weighted by molar-refractivity contribution is 7.92. The van der Waals surface area contributed by atoms with Crippen molar-refractivity contribution in [1.29, 1.82) is 0 Å². The molecule has 0 spiro atoms. The van der Waals surface area contributed by atoms with E-state index in [1.165, 1.54) is 36.4 Å². The van der Waals surface area contributed by atoms with E-state index in [-0.39, 0.29) is 35.7 Å². The van der Waals surface area contributed by atoms with Crippen LogP contribution in [-0.2, 0) is 29.2 Å². The minimum Gasteiger partial charge on any atom is -0.346 e. The van der Waals surface area contributed by atoms with Gasteiger partial charge in [-0.15, -0.1) is 0 Å². The van der Waals surface area contributed by atoms with Crippen LogP contribution in [0.4, 0.5) is 18.9 Å². The van der Waals surface area contributed by atoms with Crippen molar-refractivity contribution in [1.82, 2.24) is 10.3 Å². The number of hydrogen-bond acceptors (Lipinski definition) is 4. The van der Waals surface area contributed by atoms with Gasteiger partial charge in [-0.25, -0.2) is 13.4 Å². The van der Waals surface area contributed by atoms with Crippen molar-refractivity contribution < 1.29 is 26.4 Å². The maximum atomic E-state index is 12.7. The number of carbonyl (C=O) groups excluding carboxylic acids is 1. The molecule has 0 aliphatic rings. The highest BCUT2D eigenvalue weighted by Crippen LogP contribution is 2.27. The molecule has 0 saturated carbocycles. The number of benzene rings is 2. The molecule has 3 rings (SSSR count). The maximum absolute atomic E-state index is 12.7. The second-order valence-corrected chi connectivity index (χ2v) is 9.78. The lowest BCUT2D eigenvalue weighted by molar-refractivity contribution is -0.141. The number of carbonyl (C=O) groups is 1. The van der Waals surface area contributed by atoms with Crippen LogP contribution in [0.5, 0.6) is 0 Å². The van der Waals surface area contributed by atoms with E-state index >= 15 is 0 Å². The average molecular weight is 532 g/mol. The standard InChI is InChI=1S/C22H18Cl2F3N3O3S/c23-18-5-1-3-14(20(18)24)11-12-34(32,33)30-16-9-7-15(8-10-16)21(31)28-13-17-4-2-6-19(29-17)22(25,26)27/h1-10,30H,11-13H2,(H,28,31). The minimum absolute atomic E-state index is 0.0485. The highest BCUT2D eigenvalue weighted by atomic mass is 35.5. The molecule has 2 N–H and O–H groups in total. The maximum Gasteiger partial charge on any atom is 0.433 e. The van der Waals surface area contributed by atoms with E-state index in [0.29, 0.717) is 15.6 Å². The molecule has 34 heavy (non-hydrogen) atoms. The molecule has 2 aromatic carbocycles. The van der Waals surface area contributed by atoms with Crippen molar-refractivity contribution in [3.05, 3.63) is 93.2 Å². The number of aromatic nitrogens is 1. The number of rotatable bonds is 8. The molecule has 1 aromatic heterocycles. The van der Waals surface area contributed by atoms with Crippen molar-refractivity contribution in [2.45, 2.75) is 19.1 Å². The summed E-state index contributed by atoms with van der Waals surface area (Å²) in [6.45, 7) is -0.205. The van der Waals surface area contributed by atoms with Crippen molar-refractivity contribution in [2.24, 2.45) is 0 Å². The molecule has 12 heteroatoms. The van der Waals surface area contributed by atoms with Crippen LogP contribution in [-0.4, -0.2) is 25.1 Å². The van der Waals surface area contributed by atoms with Gasteiger partial charge in [0.15, 0.2) is 0 Å². The van der Waals surface area contributed by atoms with Crippen LogP contribution in [0.25, 0.3) is 0 Å². The first kappa shape index (κ1) is 25.8. The van der Waals surface area contributed by atoms with Crippen molar-refractivity contribution in [3.8, 4) is 0 Å². The van der Waals surface area contributed by atoms with Gasteiger partial charge in [-0.05, 0) is 54.4 Å². The summed E-state index contributed by atoms with van der Waals surface area (Å²) in [4.78, 5) is 15.8. The Morgan fingerprint density at radius 1 is 0.971 bits per heavy atom. The highest BCUT2D eigenvalue weighted by Gasteiger charge is 2.32. The molecule has 0 radical (unpaired) electrons. The van der Waals surface area contributed by atoms with Gasteiger partial charge in [0.2, 0.25) is 10.0 Å². The first-order valence-corrected chi connectivity index (χ1v) is 12.2. The minimum atomic E-state index is -4.58. The SMILES string of the molecule is O=C(NCc1cccc(C(F)(F)F)n1)c1ccc(NS(=O)(=O)CCc2cccc(Cl)c2Cl)cc1. The first-order valence-electron chi connectivity index (χ1n) is 9.79. The zero-order valence-corrected chi connectivity index (χ0v) is 19.7. The molecule has 0 unspecified atom stereocenters.